The summed E-state index contributed by atoms with van der Waals surface area (Å²) in [5, 5.41) is 11.9. The maximum atomic E-state index is 12.1. The third kappa shape index (κ3) is 4.21. The number of hydrogen-bond acceptors (Lipinski definition) is 7. The van der Waals surface area contributed by atoms with Gasteiger partial charge in [0.2, 0.25) is 11.0 Å². The van der Waals surface area contributed by atoms with E-state index in [1.54, 1.807) is 0 Å². The second-order valence-electron chi connectivity index (χ2n) is 5.25. The van der Waals surface area contributed by atoms with Crippen LogP contribution in [0.1, 0.15) is 43.5 Å². The Morgan fingerprint density at radius 3 is 2.76 bits per heavy atom. The fourth-order valence-corrected chi connectivity index (χ4v) is 3.12. The number of carbonyl (C=O) groups excluding carboxylic acids is 2. The number of nitrogens with one attached hydrogen (secondary N) is 1. The van der Waals surface area contributed by atoms with Gasteiger partial charge >= 0.3 is 5.97 Å². The molecular formula is C13H20N4O3S. The van der Waals surface area contributed by atoms with Crippen LogP contribution in [0.5, 0.6) is 0 Å². The average Bonchev–Trinajstić information content (AvgIpc) is 3.09. The average molecular weight is 312 g/mol. The summed E-state index contributed by atoms with van der Waals surface area (Å²) in [6.07, 6.45) is 5.03. The maximum Gasteiger partial charge on any atom is 0.305 e. The van der Waals surface area contributed by atoms with Gasteiger partial charge in [0, 0.05) is 12.8 Å². The van der Waals surface area contributed by atoms with Crippen molar-refractivity contribution in [3.05, 3.63) is 5.01 Å². The molecule has 1 heterocycles. The molecule has 0 spiro atoms. The highest BCUT2D eigenvalue weighted by molar-refractivity contribution is 7.15. The van der Waals surface area contributed by atoms with Gasteiger partial charge in [-0.15, -0.1) is 10.2 Å². The Bertz CT molecular complexity index is 511. The van der Waals surface area contributed by atoms with Crippen LogP contribution in [0, 0.1) is 0 Å². The van der Waals surface area contributed by atoms with Gasteiger partial charge in [0.25, 0.3) is 0 Å². The van der Waals surface area contributed by atoms with Crippen LogP contribution in [-0.4, -0.2) is 34.7 Å². The molecule has 7 nitrogen and oxygen atoms in total. The Kier molecular flexibility index (Phi) is 5.24. The molecule has 0 radical (unpaired) electrons. The van der Waals surface area contributed by atoms with Crippen LogP contribution in [-0.2, 0) is 20.7 Å². The fourth-order valence-electron chi connectivity index (χ4n) is 2.35. The summed E-state index contributed by atoms with van der Waals surface area (Å²) in [7, 11) is 1.37. The van der Waals surface area contributed by atoms with E-state index in [9.17, 15) is 9.59 Å². The first kappa shape index (κ1) is 15.8. The van der Waals surface area contributed by atoms with Gasteiger partial charge in [-0.1, -0.05) is 24.2 Å². The van der Waals surface area contributed by atoms with E-state index in [1.165, 1.54) is 18.4 Å². The number of methoxy groups -OCH3 is 1. The van der Waals surface area contributed by atoms with Gasteiger partial charge in [0.05, 0.1) is 12.6 Å². The first-order valence-electron chi connectivity index (χ1n) is 7.03. The molecule has 1 aliphatic rings. The van der Waals surface area contributed by atoms with Gasteiger partial charge in [-0.05, 0) is 19.3 Å². The summed E-state index contributed by atoms with van der Waals surface area (Å²) in [6.45, 7) is 0. The summed E-state index contributed by atoms with van der Waals surface area (Å²) in [5.74, 6) is -0.420. The van der Waals surface area contributed by atoms with Crippen LogP contribution in [0.2, 0.25) is 0 Å². The van der Waals surface area contributed by atoms with Crippen molar-refractivity contribution in [3.8, 4) is 0 Å². The lowest BCUT2D eigenvalue weighted by Gasteiger charge is -2.20. The Balaban J connectivity index is 1.82. The van der Waals surface area contributed by atoms with Crippen LogP contribution >= 0.6 is 11.3 Å². The third-order valence-corrected chi connectivity index (χ3v) is 4.53. The number of aromatic nitrogens is 2. The fraction of sp³-hybridized carbons (Fsp3) is 0.692. The molecular weight excluding hydrogens is 292 g/mol. The monoisotopic (exact) mass is 312 g/mol. The molecule has 0 bridgehead atoms. The van der Waals surface area contributed by atoms with Gasteiger partial charge in [-0.3, -0.25) is 14.9 Å². The Labute approximate surface area is 127 Å². The molecule has 0 atom stereocenters. The SMILES string of the molecule is COC(=O)CCCc1nnc(NC(=O)C2(N)CCCC2)s1. The number of anilines is 1. The molecule has 0 aliphatic heterocycles. The first-order chi connectivity index (χ1) is 10.0. The van der Waals surface area contributed by atoms with Crippen LogP contribution < -0.4 is 11.1 Å². The van der Waals surface area contributed by atoms with E-state index >= 15 is 0 Å². The van der Waals surface area contributed by atoms with Crippen molar-refractivity contribution in [3.63, 3.8) is 0 Å². The molecule has 3 N–H and O–H groups in total. The van der Waals surface area contributed by atoms with E-state index in [-0.39, 0.29) is 11.9 Å². The summed E-state index contributed by atoms with van der Waals surface area (Å²) in [5.41, 5.74) is 5.31. The number of nitrogens with zero attached hydrogens (tertiary/aromatic N) is 2. The minimum Gasteiger partial charge on any atom is -0.469 e. The van der Waals surface area contributed by atoms with E-state index in [0.717, 1.165) is 17.8 Å². The molecule has 116 valence electrons. The van der Waals surface area contributed by atoms with E-state index in [0.29, 0.717) is 37.2 Å². The minimum atomic E-state index is -0.767. The van der Waals surface area contributed by atoms with Gasteiger partial charge in [-0.2, -0.15) is 0 Å². The van der Waals surface area contributed by atoms with Crippen molar-refractivity contribution >= 4 is 28.3 Å². The Hall–Kier alpha value is -1.54. The van der Waals surface area contributed by atoms with Crippen molar-refractivity contribution in [2.45, 2.75) is 50.5 Å². The zero-order chi connectivity index (χ0) is 15.3. The number of rotatable bonds is 6. The highest BCUT2D eigenvalue weighted by atomic mass is 32.1. The smallest absolute Gasteiger partial charge is 0.305 e. The van der Waals surface area contributed by atoms with Crippen molar-refractivity contribution in [1.82, 2.24) is 10.2 Å². The lowest BCUT2D eigenvalue weighted by atomic mass is 9.98. The van der Waals surface area contributed by atoms with Crippen molar-refractivity contribution in [2.75, 3.05) is 12.4 Å². The van der Waals surface area contributed by atoms with Crippen LogP contribution in [0.15, 0.2) is 0 Å². The van der Waals surface area contributed by atoms with Crippen molar-refractivity contribution < 1.29 is 14.3 Å². The molecule has 1 aromatic rings. The van der Waals surface area contributed by atoms with Crippen LogP contribution in [0.25, 0.3) is 0 Å². The first-order valence-corrected chi connectivity index (χ1v) is 7.85. The molecule has 2 rings (SSSR count). The summed E-state index contributed by atoms with van der Waals surface area (Å²) in [6, 6.07) is 0. The van der Waals surface area contributed by atoms with Gasteiger partial charge in [0.1, 0.15) is 5.01 Å². The number of amides is 1. The lowest BCUT2D eigenvalue weighted by Crippen LogP contribution is -2.48. The van der Waals surface area contributed by atoms with Crippen molar-refractivity contribution in [2.24, 2.45) is 5.73 Å². The normalized spacial score (nSPS) is 16.7. The van der Waals surface area contributed by atoms with Gasteiger partial charge in [0.15, 0.2) is 0 Å². The highest BCUT2D eigenvalue weighted by Crippen LogP contribution is 2.29. The number of carbonyl (C=O) groups is 2. The number of aryl methyl sites for hydroxylation is 1. The van der Waals surface area contributed by atoms with Crippen molar-refractivity contribution in [1.29, 1.82) is 0 Å². The molecule has 0 saturated heterocycles. The molecule has 21 heavy (non-hydrogen) atoms. The predicted molar refractivity (Wildman–Crippen MR) is 78.9 cm³/mol. The zero-order valence-corrected chi connectivity index (χ0v) is 12.9. The maximum absolute atomic E-state index is 12.1. The standard InChI is InChI=1S/C13H20N4O3S/c1-20-10(18)6-4-5-9-16-17-12(21-9)15-11(19)13(14)7-2-3-8-13/h2-8,14H2,1H3,(H,15,17,19). The minimum absolute atomic E-state index is 0.183. The van der Waals surface area contributed by atoms with Gasteiger partial charge in [-0.25, -0.2) is 0 Å². The third-order valence-electron chi connectivity index (χ3n) is 3.63. The number of hydrogen-bond donors (Lipinski definition) is 2. The summed E-state index contributed by atoms with van der Waals surface area (Å²) < 4.78 is 4.57. The molecule has 0 unspecified atom stereocenters. The second kappa shape index (κ2) is 6.95. The summed E-state index contributed by atoms with van der Waals surface area (Å²) >= 11 is 1.32. The molecule has 1 amide bonds. The topological polar surface area (TPSA) is 107 Å². The molecule has 1 saturated carbocycles. The largest absolute Gasteiger partial charge is 0.469 e. The number of nitrogens with two attached hydrogens (primary N) is 1. The van der Waals surface area contributed by atoms with E-state index in [2.05, 4.69) is 20.3 Å². The molecule has 8 heteroatoms. The second-order valence-corrected chi connectivity index (χ2v) is 6.31. The summed E-state index contributed by atoms with van der Waals surface area (Å²) in [4.78, 5) is 23.1. The van der Waals surface area contributed by atoms with E-state index in [1.807, 2.05) is 0 Å². The lowest BCUT2D eigenvalue weighted by molar-refractivity contribution is -0.140. The number of ether oxygens (including phenoxy) is 1. The highest BCUT2D eigenvalue weighted by Gasteiger charge is 2.37. The van der Waals surface area contributed by atoms with E-state index < -0.39 is 5.54 Å². The predicted octanol–water partition coefficient (Wildman–Crippen LogP) is 1.24. The van der Waals surface area contributed by atoms with E-state index in [4.69, 9.17) is 5.73 Å². The quantitative estimate of drug-likeness (QED) is 0.765. The van der Waals surface area contributed by atoms with Crippen LogP contribution in [0.4, 0.5) is 5.13 Å². The molecule has 1 fully saturated rings. The molecule has 1 aliphatic carbocycles. The number of esters is 1. The Morgan fingerprint density at radius 1 is 1.38 bits per heavy atom. The zero-order valence-electron chi connectivity index (χ0n) is 12.1. The van der Waals surface area contributed by atoms with Crippen LogP contribution in [0.3, 0.4) is 0 Å². The van der Waals surface area contributed by atoms with Gasteiger partial charge < -0.3 is 10.5 Å². The molecule has 1 aromatic heterocycles. The molecule has 0 aromatic carbocycles. The Morgan fingerprint density at radius 2 is 2.10 bits per heavy atom.